The molecule has 1 aliphatic heterocycles. The average Bonchev–Trinajstić information content (AvgIpc) is 2.87. The third kappa shape index (κ3) is 3.67. The number of thioether (sulfide) groups is 1. The Morgan fingerprint density at radius 3 is 2.64 bits per heavy atom. The Kier molecular flexibility index (Phi) is 5.33. The monoisotopic (exact) mass is 467 g/mol. The first-order valence-corrected chi connectivity index (χ1v) is 9.39. The minimum Gasteiger partial charge on any atom is -0.504 e. The van der Waals surface area contributed by atoms with Crippen LogP contribution in [0.3, 0.4) is 0 Å². The van der Waals surface area contributed by atoms with Crippen LogP contribution in [0.5, 0.6) is 11.5 Å². The molecule has 1 fully saturated rings. The first-order chi connectivity index (χ1) is 12.0. The highest BCUT2D eigenvalue weighted by molar-refractivity contribution is 14.1. The van der Waals surface area contributed by atoms with Crippen LogP contribution in [0, 0.1) is 3.57 Å². The summed E-state index contributed by atoms with van der Waals surface area (Å²) in [4.78, 5) is 26.3. The quantitative estimate of drug-likeness (QED) is 0.525. The predicted octanol–water partition coefficient (Wildman–Crippen LogP) is 4.64. The van der Waals surface area contributed by atoms with Gasteiger partial charge in [-0.3, -0.25) is 9.59 Å². The Morgan fingerprint density at radius 2 is 1.96 bits per heavy atom. The number of rotatable bonds is 4. The lowest BCUT2D eigenvalue weighted by Crippen LogP contribution is -2.27. The van der Waals surface area contributed by atoms with E-state index in [0.29, 0.717) is 32.1 Å². The Labute approximate surface area is 162 Å². The van der Waals surface area contributed by atoms with Gasteiger partial charge in [0.15, 0.2) is 11.5 Å². The Hall–Kier alpha value is -2.00. The van der Waals surface area contributed by atoms with Crippen molar-refractivity contribution in [1.29, 1.82) is 0 Å². The van der Waals surface area contributed by atoms with Gasteiger partial charge in [-0.1, -0.05) is 18.2 Å². The highest BCUT2D eigenvalue weighted by atomic mass is 127. The number of ether oxygens (including phenoxy) is 1. The molecule has 1 heterocycles. The minimum absolute atomic E-state index is 0.0667. The second-order valence-electron chi connectivity index (χ2n) is 5.14. The largest absolute Gasteiger partial charge is 0.504 e. The van der Waals surface area contributed by atoms with Crippen molar-refractivity contribution in [3.8, 4) is 11.5 Å². The molecule has 7 heteroatoms. The summed E-state index contributed by atoms with van der Waals surface area (Å²) in [6.07, 6.45) is 1.64. The fourth-order valence-corrected chi connectivity index (χ4v) is 3.83. The molecule has 25 heavy (non-hydrogen) atoms. The second-order valence-corrected chi connectivity index (χ2v) is 7.29. The summed E-state index contributed by atoms with van der Waals surface area (Å²) in [5, 5.41) is 9.68. The van der Waals surface area contributed by atoms with Crippen LogP contribution >= 0.6 is 34.4 Å². The van der Waals surface area contributed by atoms with E-state index < -0.39 is 0 Å². The number of hydrogen-bond donors (Lipinski definition) is 1. The highest BCUT2D eigenvalue weighted by Crippen LogP contribution is 2.38. The number of carbonyl (C=O) groups excluding carboxylic acids is 2. The van der Waals surface area contributed by atoms with E-state index in [0.717, 1.165) is 16.7 Å². The SMILES string of the molecule is CCOc1cc(C=C2SC(=O)N(c3ccccc3)C2=O)cc(I)c1O. The van der Waals surface area contributed by atoms with Gasteiger partial charge in [0.1, 0.15) is 0 Å². The van der Waals surface area contributed by atoms with Gasteiger partial charge in [-0.25, -0.2) is 4.90 Å². The number of benzene rings is 2. The van der Waals surface area contributed by atoms with Gasteiger partial charge in [0.2, 0.25) is 0 Å². The van der Waals surface area contributed by atoms with Crippen molar-refractivity contribution in [2.24, 2.45) is 0 Å². The molecule has 0 bridgehead atoms. The van der Waals surface area contributed by atoms with Gasteiger partial charge in [0.25, 0.3) is 11.1 Å². The lowest BCUT2D eigenvalue weighted by molar-refractivity contribution is -0.113. The summed E-state index contributed by atoms with van der Waals surface area (Å²) in [7, 11) is 0. The molecule has 0 aliphatic carbocycles. The lowest BCUT2D eigenvalue weighted by Gasteiger charge is -2.11. The Balaban J connectivity index is 1.95. The van der Waals surface area contributed by atoms with Crippen LogP contribution in [0.1, 0.15) is 12.5 Å². The number of phenols is 1. The number of anilines is 1. The maximum absolute atomic E-state index is 12.6. The zero-order chi connectivity index (χ0) is 18.0. The number of amides is 2. The number of phenolic OH excluding ortho intramolecular Hbond substituents is 1. The maximum atomic E-state index is 12.6. The fourth-order valence-electron chi connectivity index (χ4n) is 2.36. The number of aromatic hydroxyl groups is 1. The van der Waals surface area contributed by atoms with E-state index in [1.807, 2.05) is 35.6 Å². The van der Waals surface area contributed by atoms with Crippen LogP contribution in [0.25, 0.3) is 6.08 Å². The van der Waals surface area contributed by atoms with Crippen molar-refractivity contribution in [2.75, 3.05) is 11.5 Å². The number of carbonyl (C=O) groups is 2. The van der Waals surface area contributed by atoms with Crippen molar-refractivity contribution >= 4 is 57.3 Å². The summed E-state index contributed by atoms with van der Waals surface area (Å²) in [6, 6.07) is 12.2. The molecule has 128 valence electrons. The van der Waals surface area contributed by atoms with Crippen LogP contribution in [0.15, 0.2) is 47.4 Å². The Bertz CT molecular complexity index is 867. The summed E-state index contributed by atoms with van der Waals surface area (Å²) in [5.74, 6) is 0.0576. The number of imide groups is 1. The standard InChI is InChI=1S/C18H14INO4S/c1-2-24-14-9-11(8-13(19)16(14)21)10-15-17(22)20(18(23)25-15)12-6-4-3-5-7-12/h3-10,21H,2H2,1H3. The molecular weight excluding hydrogens is 453 g/mol. The maximum Gasteiger partial charge on any atom is 0.298 e. The van der Waals surface area contributed by atoms with Gasteiger partial charge in [0, 0.05) is 0 Å². The normalized spacial score (nSPS) is 15.9. The molecule has 2 amide bonds. The van der Waals surface area contributed by atoms with Crippen LogP contribution in [-0.4, -0.2) is 22.9 Å². The summed E-state index contributed by atoms with van der Waals surface area (Å²) in [6.45, 7) is 2.24. The van der Waals surface area contributed by atoms with Crippen LogP contribution in [-0.2, 0) is 4.79 Å². The van der Waals surface area contributed by atoms with E-state index in [4.69, 9.17) is 4.74 Å². The van der Waals surface area contributed by atoms with Crippen molar-refractivity contribution in [1.82, 2.24) is 0 Å². The molecule has 0 radical (unpaired) electrons. The van der Waals surface area contributed by atoms with Gasteiger partial charge in [-0.2, -0.15) is 0 Å². The van der Waals surface area contributed by atoms with Crippen molar-refractivity contribution in [3.63, 3.8) is 0 Å². The van der Waals surface area contributed by atoms with Crippen molar-refractivity contribution < 1.29 is 19.4 Å². The lowest BCUT2D eigenvalue weighted by atomic mass is 10.2. The molecule has 1 aliphatic rings. The highest BCUT2D eigenvalue weighted by Gasteiger charge is 2.36. The van der Waals surface area contributed by atoms with Gasteiger partial charge in [0.05, 0.1) is 20.8 Å². The van der Waals surface area contributed by atoms with Gasteiger partial charge in [-0.05, 0) is 77.2 Å². The average molecular weight is 467 g/mol. The number of nitrogens with zero attached hydrogens (tertiary/aromatic N) is 1. The van der Waals surface area contributed by atoms with E-state index in [2.05, 4.69) is 0 Å². The van der Waals surface area contributed by atoms with E-state index in [1.54, 1.807) is 42.5 Å². The Morgan fingerprint density at radius 1 is 1.24 bits per heavy atom. The summed E-state index contributed by atoms with van der Waals surface area (Å²) in [5.41, 5.74) is 1.23. The van der Waals surface area contributed by atoms with Gasteiger partial charge < -0.3 is 9.84 Å². The molecule has 0 aromatic heterocycles. The topological polar surface area (TPSA) is 66.8 Å². The third-order valence-electron chi connectivity index (χ3n) is 3.46. The van der Waals surface area contributed by atoms with Crippen LogP contribution < -0.4 is 9.64 Å². The molecule has 0 atom stereocenters. The minimum atomic E-state index is -0.359. The summed E-state index contributed by atoms with van der Waals surface area (Å²) >= 11 is 2.89. The van der Waals surface area contributed by atoms with Gasteiger partial charge in [-0.15, -0.1) is 0 Å². The number of hydrogen-bond acceptors (Lipinski definition) is 5. The molecule has 2 aromatic carbocycles. The fraction of sp³-hybridized carbons (Fsp3) is 0.111. The molecule has 1 N–H and O–H groups in total. The molecule has 5 nitrogen and oxygen atoms in total. The van der Waals surface area contributed by atoms with Crippen LogP contribution in [0.2, 0.25) is 0 Å². The van der Waals surface area contributed by atoms with Gasteiger partial charge >= 0.3 is 0 Å². The first-order valence-electron chi connectivity index (χ1n) is 7.49. The van der Waals surface area contributed by atoms with E-state index >= 15 is 0 Å². The third-order valence-corrected chi connectivity index (χ3v) is 5.15. The van der Waals surface area contributed by atoms with E-state index in [9.17, 15) is 14.7 Å². The van der Waals surface area contributed by atoms with Crippen molar-refractivity contribution in [2.45, 2.75) is 6.92 Å². The predicted molar refractivity (Wildman–Crippen MR) is 107 cm³/mol. The first kappa shape index (κ1) is 17.8. The second kappa shape index (κ2) is 7.49. The number of para-hydroxylation sites is 1. The molecule has 1 saturated heterocycles. The molecule has 3 rings (SSSR count). The smallest absolute Gasteiger partial charge is 0.298 e. The molecule has 0 spiro atoms. The van der Waals surface area contributed by atoms with Crippen LogP contribution in [0.4, 0.5) is 10.5 Å². The molecule has 0 unspecified atom stereocenters. The molecular formula is C18H14INO4S. The number of halogens is 1. The van der Waals surface area contributed by atoms with E-state index in [-0.39, 0.29) is 16.9 Å². The zero-order valence-corrected chi connectivity index (χ0v) is 16.2. The summed E-state index contributed by atoms with van der Waals surface area (Å²) < 4.78 is 6.02. The molecule has 0 saturated carbocycles. The van der Waals surface area contributed by atoms with E-state index in [1.165, 1.54) is 0 Å². The zero-order valence-electron chi connectivity index (χ0n) is 13.2. The van der Waals surface area contributed by atoms with Crippen molar-refractivity contribution in [3.05, 3.63) is 56.5 Å². The molecule has 2 aromatic rings.